The summed E-state index contributed by atoms with van der Waals surface area (Å²) < 4.78 is 11.5. The molecule has 6 heteroatoms. The fourth-order valence-corrected chi connectivity index (χ4v) is 3.79. The van der Waals surface area contributed by atoms with E-state index in [1.54, 1.807) is 17.7 Å². The van der Waals surface area contributed by atoms with Gasteiger partial charge in [-0.1, -0.05) is 12.1 Å². The van der Waals surface area contributed by atoms with Crippen molar-refractivity contribution in [2.24, 2.45) is 0 Å². The minimum absolute atomic E-state index is 0.0137. The van der Waals surface area contributed by atoms with Crippen LogP contribution in [0.2, 0.25) is 0 Å². The van der Waals surface area contributed by atoms with Gasteiger partial charge in [0.25, 0.3) is 0 Å². The molecular weight excluding hydrogens is 324 g/mol. The van der Waals surface area contributed by atoms with Gasteiger partial charge in [0, 0.05) is 23.6 Å². The van der Waals surface area contributed by atoms with Crippen LogP contribution < -0.4 is 9.47 Å². The number of fused-ring (bicyclic) bond motifs is 1. The van der Waals surface area contributed by atoms with Gasteiger partial charge in [-0.3, -0.25) is 4.79 Å². The van der Waals surface area contributed by atoms with Crippen molar-refractivity contribution in [1.82, 2.24) is 9.88 Å². The van der Waals surface area contributed by atoms with Crippen LogP contribution in [0.15, 0.2) is 35.2 Å². The maximum Gasteiger partial charge on any atom is 0.247 e. The summed E-state index contributed by atoms with van der Waals surface area (Å²) in [6.45, 7) is 1.88. The largest absolute Gasteiger partial charge is 0.486 e. The first-order valence-corrected chi connectivity index (χ1v) is 9.02. The van der Waals surface area contributed by atoms with E-state index in [0.29, 0.717) is 13.2 Å². The van der Waals surface area contributed by atoms with E-state index >= 15 is 0 Å². The van der Waals surface area contributed by atoms with Gasteiger partial charge in [0.1, 0.15) is 13.2 Å². The SMILES string of the molecule is O=C(/C=C/c1cscn1)N1CCC[C@H]1c1cccc2c1OCCO2. The van der Waals surface area contributed by atoms with E-state index in [1.807, 2.05) is 28.5 Å². The molecule has 1 aromatic carbocycles. The van der Waals surface area contributed by atoms with Gasteiger partial charge in [-0.05, 0) is 25.0 Å². The molecule has 0 N–H and O–H groups in total. The van der Waals surface area contributed by atoms with Crippen molar-refractivity contribution in [3.05, 3.63) is 46.4 Å². The van der Waals surface area contributed by atoms with Crippen LogP contribution in [-0.4, -0.2) is 35.5 Å². The predicted octanol–water partition coefficient (Wildman–Crippen LogP) is 3.29. The quantitative estimate of drug-likeness (QED) is 0.803. The molecule has 1 saturated heterocycles. The van der Waals surface area contributed by atoms with E-state index in [4.69, 9.17) is 9.47 Å². The number of carbonyl (C=O) groups excluding carboxylic acids is 1. The van der Waals surface area contributed by atoms with Crippen molar-refractivity contribution in [3.63, 3.8) is 0 Å². The summed E-state index contributed by atoms with van der Waals surface area (Å²) in [6, 6.07) is 5.96. The van der Waals surface area contributed by atoms with Crippen molar-refractivity contribution < 1.29 is 14.3 Å². The highest BCUT2D eigenvalue weighted by molar-refractivity contribution is 7.07. The summed E-state index contributed by atoms with van der Waals surface area (Å²) in [5, 5.41) is 1.92. The monoisotopic (exact) mass is 342 g/mol. The fraction of sp³-hybridized carbons (Fsp3) is 0.333. The molecule has 2 aromatic rings. The Labute approximate surface area is 144 Å². The van der Waals surface area contributed by atoms with Crippen molar-refractivity contribution in [3.8, 4) is 11.5 Å². The van der Waals surface area contributed by atoms with Gasteiger partial charge in [-0.15, -0.1) is 11.3 Å². The van der Waals surface area contributed by atoms with Gasteiger partial charge in [0.05, 0.1) is 17.2 Å². The van der Waals surface area contributed by atoms with Crippen molar-refractivity contribution in [2.75, 3.05) is 19.8 Å². The number of likely N-dealkylation sites (tertiary alicyclic amines) is 1. The van der Waals surface area contributed by atoms with E-state index < -0.39 is 0 Å². The van der Waals surface area contributed by atoms with Crippen LogP contribution in [0.4, 0.5) is 0 Å². The molecule has 1 atom stereocenters. The summed E-state index contributed by atoms with van der Waals surface area (Å²) in [7, 11) is 0. The van der Waals surface area contributed by atoms with E-state index in [-0.39, 0.29) is 11.9 Å². The van der Waals surface area contributed by atoms with Crippen LogP contribution in [0.3, 0.4) is 0 Å². The minimum Gasteiger partial charge on any atom is -0.486 e. The van der Waals surface area contributed by atoms with Crippen molar-refractivity contribution in [1.29, 1.82) is 0 Å². The summed E-state index contributed by atoms with van der Waals surface area (Å²) >= 11 is 1.52. The fourth-order valence-electron chi connectivity index (χ4n) is 3.27. The number of rotatable bonds is 3. The van der Waals surface area contributed by atoms with Gasteiger partial charge in [0.2, 0.25) is 5.91 Å². The number of carbonyl (C=O) groups is 1. The smallest absolute Gasteiger partial charge is 0.247 e. The lowest BCUT2D eigenvalue weighted by Gasteiger charge is -2.28. The minimum atomic E-state index is 0.0137. The van der Waals surface area contributed by atoms with Gasteiger partial charge in [-0.25, -0.2) is 4.98 Å². The van der Waals surface area contributed by atoms with Crippen molar-refractivity contribution in [2.45, 2.75) is 18.9 Å². The lowest BCUT2D eigenvalue weighted by molar-refractivity contribution is -0.126. The first kappa shape index (κ1) is 15.2. The third-order valence-electron chi connectivity index (χ3n) is 4.34. The van der Waals surface area contributed by atoms with Gasteiger partial charge >= 0.3 is 0 Å². The molecule has 2 aliphatic rings. The van der Waals surface area contributed by atoms with Crippen LogP contribution in [-0.2, 0) is 4.79 Å². The van der Waals surface area contributed by atoms with Crippen molar-refractivity contribution >= 4 is 23.3 Å². The van der Waals surface area contributed by atoms with E-state index in [9.17, 15) is 4.79 Å². The Morgan fingerprint density at radius 3 is 3.12 bits per heavy atom. The normalized spacial score (nSPS) is 19.8. The lowest BCUT2D eigenvalue weighted by Crippen LogP contribution is -2.29. The molecule has 0 radical (unpaired) electrons. The highest BCUT2D eigenvalue weighted by Gasteiger charge is 2.32. The molecule has 1 aromatic heterocycles. The molecule has 5 nitrogen and oxygen atoms in total. The second-order valence-corrected chi connectivity index (χ2v) is 6.53. The average Bonchev–Trinajstić information content (AvgIpc) is 3.31. The average molecular weight is 342 g/mol. The molecule has 1 amide bonds. The highest BCUT2D eigenvalue weighted by atomic mass is 32.1. The second-order valence-electron chi connectivity index (χ2n) is 5.81. The number of thiazole rings is 1. The van der Waals surface area contributed by atoms with E-state index in [0.717, 1.165) is 42.1 Å². The molecule has 0 unspecified atom stereocenters. The highest BCUT2D eigenvalue weighted by Crippen LogP contribution is 2.42. The number of ether oxygens (including phenoxy) is 2. The molecule has 0 bridgehead atoms. The zero-order chi connectivity index (χ0) is 16.4. The Balaban J connectivity index is 1.58. The maximum atomic E-state index is 12.6. The third-order valence-corrected chi connectivity index (χ3v) is 4.94. The first-order valence-electron chi connectivity index (χ1n) is 8.08. The molecule has 2 aliphatic heterocycles. The molecule has 3 heterocycles. The number of amides is 1. The lowest BCUT2D eigenvalue weighted by atomic mass is 10.0. The Bertz CT molecular complexity index is 758. The predicted molar refractivity (Wildman–Crippen MR) is 92.3 cm³/mol. The standard InChI is InChI=1S/C18H18N2O3S/c21-17(7-6-13-11-24-12-19-13)20-8-2-4-15(20)14-3-1-5-16-18(14)23-10-9-22-16/h1,3,5-7,11-12,15H,2,4,8-10H2/b7-6+/t15-/m0/s1. The number of aromatic nitrogens is 1. The molecule has 0 aliphatic carbocycles. The summed E-state index contributed by atoms with van der Waals surface area (Å²) in [6.07, 6.45) is 5.32. The van der Waals surface area contributed by atoms with Crippen LogP contribution in [0.1, 0.15) is 30.1 Å². The molecule has 0 spiro atoms. The zero-order valence-corrected chi connectivity index (χ0v) is 14.0. The summed E-state index contributed by atoms with van der Waals surface area (Å²) in [5.41, 5.74) is 3.62. The van der Waals surface area contributed by atoms with Crippen LogP contribution in [0, 0.1) is 0 Å². The topological polar surface area (TPSA) is 51.7 Å². The Hall–Kier alpha value is -2.34. The second kappa shape index (κ2) is 6.65. The summed E-state index contributed by atoms with van der Waals surface area (Å²) in [5.74, 6) is 1.58. The number of nitrogens with zero attached hydrogens (tertiary/aromatic N) is 2. The molecule has 24 heavy (non-hydrogen) atoms. The molecule has 124 valence electrons. The molecule has 0 saturated carbocycles. The van der Waals surface area contributed by atoms with Gasteiger partial charge in [-0.2, -0.15) is 0 Å². The molecular formula is C18H18N2O3S. The van der Waals surface area contributed by atoms with E-state index in [1.165, 1.54) is 11.3 Å². The molecule has 4 rings (SSSR count). The van der Waals surface area contributed by atoms with Crippen LogP contribution in [0.5, 0.6) is 11.5 Å². The Morgan fingerprint density at radius 1 is 1.33 bits per heavy atom. The zero-order valence-electron chi connectivity index (χ0n) is 13.2. The third kappa shape index (κ3) is 2.89. The first-order chi connectivity index (χ1) is 11.8. The van der Waals surface area contributed by atoms with E-state index in [2.05, 4.69) is 4.98 Å². The Kier molecular flexibility index (Phi) is 4.21. The Morgan fingerprint density at radius 2 is 2.25 bits per heavy atom. The molecule has 1 fully saturated rings. The number of para-hydroxylation sites is 1. The number of benzene rings is 1. The number of hydrogen-bond acceptors (Lipinski definition) is 5. The summed E-state index contributed by atoms with van der Waals surface area (Å²) in [4.78, 5) is 18.7. The maximum absolute atomic E-state index is 12.6. The van der Waals surface area contributed by atoms with Crippen LogP contribution >= 0.6 is 11.3 Å². The number of hydrogen-bond donors (Lipinski definition) is 0. The van der Waals surface area contributed by atoms with Gasteiger partial charge in [0.15, 0.2) is 11.5 Å². The van der Waals surface area contributed by atoms with Crippen LogP contribution in [0.25, 0.3) is 6.08 Å². The van der Waals surface area contributed by atoms with Gasteiger partial charge < -0.3 is 14.4 Å².